The molecule has 0 aliphatic rings. The number of hydrogen-bond acceptors (Lipinski definition) is 3. The highest BCUT2D eigenvalue weighted by Gasteiger charge is 2.15. The van der Waals surface area contributed by atoms with Gasteiger partial charge in [0.15, 0.2) is 0 Å². The predicted octanol–water partition coefficient (Wildman–Crippen LogP) is 3.13. The fraction of sp³-hybridized carbons (Fsp3) is 0.278. The lowest BCUT2D eigenvalue weighted by molar-refractivity contribution is 0.603. The van der Waals surface area contributed by atoms with Gasteiger partial charge in [-0.2, -0.15) is 15.5 Å². The molecule has 0 aliphatic carbocycles. The maximum absolute atomic E-state index is 8.93. The number of nitriles is 1. The van der Waals surface area contributed by atoms with E-state index in [1.807, 2.05) is 54.5 Å². The van der Waals surface area contributed by atoms with E-state index in [-0.39, 0.29) is 0 Å². The number of aromatic nitrogens is 4. The SMILES string of the molecule is Cc1cc(Cn2nc(C)c(-c3ccc(C#N)cc3)c2C)n(C)n1. The highest BCUT2D eigenvalue weighted by Crippen LogP contribution is 2.27. The van der Waals surface area contributed by atoms with E-state index < -0.39 is 0 Å². The first kappa shape index (κ1) is 15.0. The third kappa shape index (κ3) is 2.76. The molecule has 0 atom stereocenters. The van der Waals surface area contributed by atoms with Crippen LogP contribution >= 0.6 is 0 Å². The molecule has 0 aliphatic heterocycles. The van der Waals surface area contributed by atoms with E-state index in [0.717, 1.165) is 33.9 Å². The molecule has 3 aromatic rings. The third-order valence-corrected chi connectivity index (χ3v) is 4.09. The summed E-state index contributed by atoms with van der Waals surface area (Å²) in [6, 6.07) is 11.9. The summed E-state index contributed by atoms with van der Waals surface area (Å²) in [7, 11) is 1.95. The first-order valence-corrected chi connectivity index (χ1v) is 7.53. The zero-order chi connectivity index (χ0) is 16.6. The molecule has 0 amide bonds. The third-order valence-electron chi connectivity index (χ3n) is 4.09. The average molecular weight is 305 g/mol. The molecule has 2 heterocycles. The normalized spacial score (nSPS) is 10.7. The maximum Gasteiger partial charge on any atom is 0.0991 e. The summed E-state index contributed by atoms with van der Waals surface area (Å²) < 4.78 is 3.91. The molecule has 0 N–H and O–H groups in total. The van der Waals surface area contributed by atoms with Crippen molar-refractivity contribution in [2.24, 2.45) is 7.05 Å². The molecule has 0 saturated heterocycles. The predicted molar refractivity (Wildman–Crippen MR) is 88.9 cm³/mol. The van der Waals surface area contributed by atoms with Gasteiger partial charge in [0.1, 0.15) is 0 Å². The maximum atomic E-state index is 8.93. The summed E-state index contributed by atoms with van der Waals surface area (Å²) in [6.45, 7) is 6.79. The quantitative estimate of drug-likeness (QED) is 0.747. The molecule has 23 heavy (non-hydrogen) atoms. The van der Waals surface area contributed by atoms with Crippen LogP contribution in [-0.4, -0.2) is 19.6 Å². The van der Waals surface area contributed by atoms with Crippen molar-refractivity contribution in [2.75, 3.05) is 0 Å². The zero-order valence-electron chi connectivity index (χ0n) is 13.8. The first-order chi connectivity index (χ1) is 11.0. The van der Waals surface area contributed by atoms with Gasteiger partial charge in [0.25, 0.3) is 0 Å². The average Bonchev–Trinajstić information content (AvgIpc) is 2.99. The standard InChI is InChI=1S/C18H19N5/c1-12-9-17(22(4)20-12)11-23-14(3)18(13(2)21-23)16-7-5-15(10-19)6-8-16/h5-9H,11H2,1-4H3. The van der Waals surface area contributed by atoms with Gasteiger partial charge in [0.2, 0.25) is 0 Å². The van der Waals surface area contributed by atoms with Crippen LogP contribution in [0, 0.1) is 32.1 Å². The summed E-state index contributed by atoms with van der Waals surface area (Å²) >= 11 is 0. The smallest absolute Gasteiger partial charge is 0.0991 e. The molecule has 5 heteroatoms. The van der Waals surface area contributed by atoms with Gasteiger partial charge in [-0.15, -0.1) is 0 Å². The van der Waals surface area contributed by atoms with Crippen molar-refractivity contribution in [2.45, 2.75) is 27.3 Å². The van der Waals surface area contributed by atoms with Gasteiger partial charge in [0.05, 0.1) is 35.3 Å². The lowest BCUT2D eigenvalue weighted by Crippen LogP contribution is -2.08. The van der Waals surface area contributed by atoms with Gasteiger partial charge in [0, 0.05) is 18.3 Å². The first-order valence-electron chi connectivity index (χ1n) is 7.53. The van der Waals surface area contributed by atoms with Gasteiger partial charge >= 0.3 is 0 Å². The monoisotopic (exact) mass is 305 g/mol. The van der Waals surface area contributed by atoms with E-state index in [1.165, 1.54) is 0 Å². The van der Waals surface area contributed by atoms with E-state index in [2.05, 4.69) is 29.3 Å². The van der Waals surface area contributed by atoms with Gasteiger partial charge in [-0.3, -0.25) is 9.36 Å². The van der Waals surface area contributed by atoms with Gasteiger partial charge in [-0.05, 0) is 44.5 Å². The Hall–Kier alpha value is -2.87. The molecule has 116 valence electrons. The molecular weight excluding hydrogens is 286 g/mol. The van der Waals surface area contributed by atoms with Crippen LogP contribution in [0.4, 0.5) is 0 Å². The van der Waals surface area contributed by atoms with E-state index in [4.69, 9.17) is 5.26 Å². The van der Waals surface area contributed by atoms with Crippen LogP contribution in [-0.2, 0) is 13.6 Å². The Morgan fingerprint density at radius 1 is 1.09 bits per heavy atom. The van der Waals surface area contributed by atoms with Crippen molar-refractivity contribution in [1.82, 2.24) is 19.6 Å². The van der Waals surface area contributed by atoms with Crippen molar-refractivity contribution in [3.63, 3.8) is 0 Å². The van der Waals surface area contributed by atoms with Crippen molar-refractivity contribution < 1.29 is 0 Å². The Kier molecular flexibility index (Phi) is 3.75. The molecule has 3 rings (SSSR count). The van der Waals surface area contributed by atoms with Crippen molar-refractivity contribution in [3.8, 4) is 17.2 Å². The fourth-order valence-electron chi connectivity index (χ4n) is 2.95. The Morgan fingerprint density at radius 3 is 2.35 bits per heavy atom. The fourth-order valence-corrected chi connectivity index (χ4v) is 2.95. The summed E-state index contributed by atoms with van der Waals surface area (Å²) in [5.41, 5.74) is 7.13. The van der Waals surface area contributed by atoms with E-state index >= 15 is 0 Å². The molecule has 0 unspecified atom stereocenters. The van der Waals surface area contributed by atoms with E-state index in [9.17, 15) is 0 Å². The van der Waals surface area contributed by atoms with Gasteiger partial charge in [-0.25, -0.2) is 0 Å². The lowest BCUT2D eigenvalue weighted by atomic mass is 10.0. The summed E-state index contributed by atoms with van der Waals surface area (Å²) in [5.74, 6) is 0. The second-order valence-corrected chi connectivity index (χ2v) is 5.79. The molecule has 0 radical (unpaired) electrons. The second kappa shape index (κ2) is 5.73. The number of rotatable bonds is 3. The van der Waals surface area contributed by atoms with Crippen LogP contribution in [0.15, 0.2) is 30.3 Å². The largest absolute Gasteiger partial charge is 0.270 e. The zero-order valence-corrected chi connectivity index (χ0v) is 13.8. The van der Waals surface area contributed by atoms with Crippen molar-refractivity contribution >= 4 is 0 Å². The highest BCUT2D eigenvalue weighted by molar-refractivity contribution is 5.69. The van der Waals surface area contributed by atoms with Crippen molar-refractivity contribution in [3.05, 3.63) is 58.7 Å². The minimum absolute atomic E-state index is 0.668. The Bertz CT molecular complexity index is 891. The van der Waals surface area contributed by atoms with Crippen LogP contribution in [0.3, 0.4) is 0 Å². The van der Waals surface area contributed by atoms with Gasteiger partial charge < -0.3 is 0 Å². The highest BCUT2D eigenvalue weighted by atomic mass is 15.3. The molecule has 0 bridgehead atoms. The molecular formula is C18H19N5. The van der Waals surface area contributed by atoms with E-state index in [0.29, 0.717) is 12.1 Å². The number of aryl methyl sites for hydroxylation is 3. The Morgan fingerprint density at radius 2 is 1.78 bits per heavy atom. The number of nitrogens with zero attached hydrogens (tertiary/aromatic N) is 5. The molecule has 0 spiro atoms. The molecule has 2 aromatic heterocycles. The minimum Gasteiger partial charge on any atom is -0.270 e. The minimum atomic E-state index is 0.668. The van der Waals surface area contributed by atoms with E-state index in [1.54, 1.807) is 0 Å². The summed E-state index contributed by atoms with van der Waals surface area (Å²) in [6.07, 6.45) is 0. The number of hydrogen-bond donors (Lipinski definition) is 0. The Labute approximate surface area is 135 Å². The van der Waals surface area contributed by atoms with Crippen LogP contribution in [0.1, 0.15) is 28.3 Å². The topological polar surface area (TPSA) is 59.4 Å². The summed E-state index contributed by atoms with van der Waals surface area (Å²) in [5, 5.41) is 18.0. The van der Waals surface area contributed by atoms with Crippen LogP contribution in [0.25, 0.3) is 11.1 Å². The molecule has 0 saturated carbocycles. The molecule has 0 fully saturated rings. The van der Waals surface area contributed by atoms with Crippen molar-refractivity contribution in [1.29, 1.82) is 5.26 Å². The van der Waals surface area contributed by atoms with Crippen LogP contribution in [0.2, 0.25) is 0 Å². The molecule has 5 nitrogen and oxygen atoms in total. The van der Waals surface area contributed by atoms with Gasteiger partial charge in [-0.1, -0.05) is 12.1 Å². The number of benzene rings is 1. The van der Waals surface area contributed by atoms with Crippen LogP contribution < -0.4 is 0 Å². The second-order valence-electron chi connectivity index (χ2n) is 5.79. The van der Waals surface area contributed by atoms with Crippen LogP contribution in [0.5, 0.6) is 0 Å². The summed E-state index contributed by atoms with van der Waals surface area (Å²) in [4.78, 5) is 0. The Balaban J connectivity index is 1.99. The molecule has 1 aromatic carbocycles. The lowest BCUT2D eigenvalue weighted by Gasteiger charge is -2.06.